The maximum atomic E-state index is 13.2. The number of hydrogen-bond donors (Lipinski definition) is 2. The normalized spacial score (nSPS) is 19.0. The van der Waals surface area contributed by atoms with Crippen molar-refractivity contribution in [2.75, 3.05) is 0 Å². The molecule has 0 saturated carbocycles. The van der Waals surface area contributed by atoms with Gasteiger partial charge in [0.15, 0.2) is 11.9 Å². The van der Waals surface area contributed by atoms with Crippen molar-refractivity contribution < 1.29 is 23.9 Å². The van der Waals surface area contributed by atoms with Gasteiger partial charge in [-0.25, -0.2) is 0 Å². The van der Waals surface area contributed by atoms with E-state index >= 15 is 0 Å². The Morgan fingerprint density at radius 2 is 1.83 bits per heavy atom. The number of ether oxygens (including phenoxy) is 2. The summed E-state index contributed by atoms with van der Waals surface area (Å²) in [5.41, 5.74) is 6.42. The Labute approximate surface area is 217 Å². The van der Waals surface area contributed by atoms with E-state index in [4.69, 9.17) is 26.8 Å². The van der Waals surface area contributed by atoms with Gasteiger partial charge in [-0.3, -0.25) is 14.4 Å². The van der Waals surface area contributed by atoms with Crippen LogP contribution < -0.4 is 15.8 Å². The number of ketones is 1. The molecule has 0 aromatic heterocycles. The van der Waals surface area contributed by atoms with Gasteiger partial charge in [0.2, 0.25) is 0 Å². The third-order valence-corrected chi connectivity index (χ3v) is 5.99. The number of halogens is 2. The van der Waals surface area contributed by atoms with Crippen molar-refractivity contribution >= 4 is 41.7 Å². The fourth-order valence-corrected chi connectivity index (χ4v) is 4.23. The molecule has 0 unspecified atom stereocenters. The van der Waals surface area contributed by atoms with Crippen molar-refractivity contribution in [1.82, 2.24) is 5.32 Å². The van der Waals surface area contributed by atoms with E-state index in [1.807, 2.05) is 13.8 Å². The third kappa shape index (κ3) is 6.75. The minimum absolute atomic E-state index is 0. The van der Waals surface area contributed by atoms with Gasteiger partial charge in [-0.05, 0) is 69.5 Å². The van der Waals surface area contributed by atoms with E-state index in [2.05, 4.69) is 5.32 Å². The topological polar surface area (TPSA) is 108 Å². The molecule has 1 aliphatic heterocycles. The average molecular weight is 523 g/mol. The highest BCUT2D eigenvalue weighted by atomic mass is 35.5. The molecule has 1 amide bonds. The number of fused-ring (bicyclic) bond motifs is 1. The predicted molar refractivity (Wildman–Crippen MR) is 137 cm³/mol. The maximum absolute atomic E-state index is 13.2. The Balaban J connectivity index is 0.00000432. The van der Waals surface area contributed by atoms with Crippen LogP contribution in [-0.4, -0.2) is 35.4 Å². The number of amides is 1. The van der Waals surface area contributed by atoms with Crippen LogP contribution in [0.1, 0.15) is 73.4 Å². The Morgan fingerprint density at radius 3 is 2.43 bits per heavy atom. The number of hydrogen-bond acceptors (Lipinski definition) is 6. The first-order chi connectivity index (χ1) is 15.9. The number of esters is 1. The summed E-state index contributed by atoms with van der Waals surface area (Å²) in [6.45, 7) is 8.94. The van der Waals surface area contributed by atoms with E-state index in [-0.39, 0.29) is 24.1 Å². The first-order valence-electron chi connectivity index (χ1n) is 11.3. The monoisotopic (exact) mass is 522 g/mol. The molecule has 190 valence electrons. The molecule has 9 heteroatoms. The minimum Gasteiger partial charge on any atom is -0.484 e. The van der Waals surface area contributed by atoms with E-state index in [0.29, 0.717) is 33.9 Å². The Kier molecular flexibility index (Phi) is 9.34. The second-order valence-electron chi connectivity index (χ2n) is 9.57. The summed E-state index contributed by atoms with van der Waals surface area (Å²) >= 11 is 6.07. The van der Waals surface area contributed by atoms with Gasteiger partial charge in [-0.15, -0.1) is 12.4 Å². The van der Waals surface area contributed by atoms with Crippen molar-refractivity contribution in [3.63, 3.8) is 0 Å². The maximum Gasteiger partial charge on any atom is 0.323 e. The van der Waals surface area contributed by atoms with Gasteiger partial charge in [-0.2, -0.15) is 0 Å². The highest BCUT2D eigenvalue weighted by molar-refractivity contribution is 6.30. The molecule has 2 aromatic carbocycles. The van der Waals surface area contributed by atoms with Gasteiger partial charge in [0.25, 0.3) is 5.91 Å². The molecule has 2 aromatic rings. The highest BCUT2D eigenvalue weighted by Crippen LogP contribution is 2.42. The van der Waals surface area contributed by atoms with Gasteiger partial charge >= 0.3 is 5.97 Å². The second-order valence-corrected chi connectivity index (χ2v) is 10.0. The molecule has 7 nitrogen and oxygen atoms in total. The number of rotatable bonds is 7. The molecule has 0 spiro atoms. The zero-order chi connectivity index (χ0) is 25.2. The van der Waals surface area contributed by atoms with Crippen LogP contribution >= 0.6 is 24.0 Å². The lowest BCUT2D eigenvalue weighted by atomic mass is 9.85. The lowest BCUT2D eigenvalue weighted by Crippen LogP contribution is -2.56. The van der Waals surface area contributed by atoms with Crippen LogP contribution in [0.15, 0.2) is 42.5 Å². The molecular formula is C26H32Cl2N2O5. The molecule has 1 aliphatic rings. The standard InChI is InChI=1S/C26H31ClN2O5.ClH/c1-14(2)11-20(28)25(32)33-23-22(29-24(31)17-7-6-8-18(27)12-17)19-13-16(15(3)30)9-10-21(19)34-26(23,4)5;/h6-10,12-14,20,22-23H,11,28H2,1-5H3,(H,29,31);1H/t20-,22+,23-;/m1./s1. The number of benzene rings is 2. The first-order valence-corrected chi connectivity index (χ1v) is 11.6. The summed E-state index contributed by atoms with van der Waals surface area (Å²) in [6, 6.07) is 9.94. The van der Waals surface area contributed by atoms with Crippen molar-refractivity contribution in [1.29, 1.82) is 0 Å². The van der Waals surface area contributed by atoms with Crippen LogP contribution in [0, 0.1) is 5.92 Å². The van der Waals surface area contributed by atoms with E-state index in [9.17, 15) is 14.4 Å². The zero-order valence-electron chi connectivity index (χ0n) is 20.5. The number of nitrogens with two attached hydrogens (primary N) is 1. The fourth-order valence-electron chi connectivity index (χ4n) is 4.04. The van der Waals surface area contributed by atoms with Crippen LogP contribution in [0.2, 0.25) is 5.02 Å². The van der Waals surface area contributed by atoms with E-state index in [1.54, 1.807) is 56.3 Å². The molecule has 0 fully saturated rings. The summed E-state index contributed by atoms with van der Waals surface area (Å²) < 4.78 is 12.0. The summed E-state index contributed by atoms with van der Waals surface area (Å²) in [5.74, 6) is -0.430. The summed E-state index contributed by atoms with van der Waals surface area (Å²) in [5, 5.41) is 3.39. The minimum atomic E-state index is -0.996. The van der Waals surface area contributed by atoms with Crippen LogP contribution in [0.4, 0.5) is 0 Å². The molecule has 1 heterocycles. The van der Waals surface area contributed by atoms with E-state index < -0.39 is 35.7 Å². The Morgan fingerprint density at radius 1 is 1.14 bits per heavy atom. The predicted octanol–water partition coefficient (Wildman–Crippen LogP) is 4.89. The van der Waals surface area contributed by atoms with Crippen molar-refractivity contribution in [2.24, 2.45) is 11.7 Å². The van der Waals surface area contributed by atoms with Gasteiger partial charge in [0, 0.05) is 21.7 Å². The molecule has 0 radical (unpaired) electrons. The van der Waals surface area contributed by atoms with Crippen LogP contribution in [0.25, 0.3) is 0 Å². The smallest absolute Gasteiger partial charge is 0.323 e. The molecular weight excluding hydrogens is 491 g/mol. The van der Waals surface area contributed by atoms with E-state index in [1.165, 1.54) is 6.92 Å². The third-order valence-electron chi connectivity index (χ3n) is 5.76. The summed E-state index contributed by atoms with van der Waals surface area (Å²) in [6.07, 6.45) is -0.451. The molecule has 0 bridgehead atoms. The van der Waals surface area contributed by atoms with Crippen LogP contribution in [0.3, 0.4) is 0 Å². The lowest BCUT2D eigenvalue weighted by Gasteiger charge is -2.44. The largest absolute Gasteiger partial charge is 0.484 e. The number of Topliss-reactive ketones (excluding diaryl/α,β-unsaturated/α-hetero) is 1. The fraction of sp³-hybridized carbons (Fsp3) is 0.423. The van der Waals surface area contributed by atoms with Crippen molar-refractivity contribution in [3.05, 3.63) is 64.2 Å². The van der Waals surface area contributed by atoms with Crippen molar-refractivity contribution in [3.8, 4) is 5.75 Å². The quantitative estimate of drug-likeness (QED) is 0.395. The van der Waals surface area contributed by atoms with Crippen LogP contribution in [-0.2, 0) is 9.53 Å². The Bertz CT molecular complexity index is 1100. The SMILES string of the molecule is CC(=O)c1ccc2c(c1)[C@H](NC(=O)c1cccc(Cl)c1)[C@@H](OC(=O)[C@H](N)CC(C)C)C(C)(C)O2.Cl. The number of nitrogens with one attached hydrogen (secondary N) is 1. The molecule has 35 heavy (non-hydrogen) atoms. The van der Waals surface area contributed by atoms with Gasteiger partial charge in [-0.1, -0.05) is 31.5 Å². The molecule has 0 saturated heterocycles. The average Bonchev–Trinajstić information content (AvgIpc) is 2.74. The lowest BCUT2D eigenvalue weighted by molar-refractivity contribution is -0.167. The molecule has 3 atom stereocenters. The summed E-state index contributed by atoms with van der Waals surface area (Å²) in [4.78, 5) is 38.1. The second kappa shape index (κ2) is 11.4. The number of carbonyl (C=O) groups excluding carboxylic acids is 3. The van der Waals surface area contributed by atoms with E-state index in [0.717, 1.165) is 0 Å². The molecule has 3 rings (SSSR count). The van der Waals surface area contributed by atoms with Gasteiger partial charge in [0.1, 0.15) is 17.4 Å². The molecule has 0 aliphatic carbocycles. The number of carbonyl (C=O) groups is 3. The van der Waals surface area contributed by atoms with Crippen molar-refractivity contribution in [2.45, 2.75) is 64.8 Å². The molecule has 3 N–H and O–H groups in total. The van der Waals surface area contributed by atoms with Gasteiger partial charge in [0.05, 0.1) is 6.04 Å². The zero-order valence-corrected chi connectivity index (χ0v) is 22.0. The highest BCUT2D eigenvalue weighted by Gasteiger charge is 2.48. The first kappa shape index (κ1) is 28.6. The Hall–Kier alpha value is -2.61. The van der Waals surface area contributed by atoms with Gasteiger partial charge < -0.3 is 20.5 Å². The van der Waals surface area contributed by atoms with Crippen LogP contribution in [0.5, 0.6) is 5.75 Å². The summed E-state index contributed by atoms with van der Waals surface area (Å²) in [7, 11) is 0.